The number of anilines is 1. The minimum absolute atomic E-state index is 0.0671. The second-order valence-corrected chi connectivity index (χ2v) is 5.48. The summed E-state index contributed by atoms with van der Waals surface area (Å²) in [4.78, 5) is 21.0. The van der Waals surface area contributed by atoms with E-state index in [4.69, 9.17) is 5.26 Å². The van der Waals surface area contributed by atoms with Crippen LogP contribution in [-0.4, -0.2) is 40.4 Å². The number of carbonyl (C=O) groups is 1. The predicted octanol–water partition coefficient (Wildman–Crippen LogP) is 0.689. The number of carbonyl (C=O) groups excluding carboxylic acids is 1. The number of hydrogen-bond donors (Lipinski definition) is 1. The summed E-state index contributed by atoms with van der Waals surface area (Å²) < 4.78 is 2.83. The van der Waals surface area contributed by atoms with E-state index < -0.39 is 0 Å². The zero-order valence-corrected chi connectivity index (χ0v) is 13.9. The highest BCUT2D eigenvalue weighted by molar-refractivity contribution is 5.90. The molecule has 0 unspecified atom stereocenters. The van der Waals surface area contributed by atoms with Crippen molar-refractivity contribution in [3.05, 3.63) is 41.4 Å². The minimum atomic E-state index is -0.346. The topological polar surface area (TPSA) is 127 Å². The van der Waals surface area contributed by atoms with Crippen molar-refractivity contribution in [1.82, 2.24) is 34.5 Å². The smallest absolute Gasteiger partial charge is 0.252 e. The van der Waals surface area contributed by atoms with Gasteiger partial charge in [0.15, 0.2) is 0 Å². The number of hydrogen-bond acceptors (Lipinski definition) is 7. The second-order valence-electron chi connectivity index (χ2n) is 5.48. The molecule has 3 rings (SSSR count). The van der Waals surface area contributed by atoms with E-state index in [9.17, 15) is 4.79 Å². The van der Waals surface area contributed by atoms with Crippen LogP contribution in [0.3, 0.4) is 0 Å². The summed E-state index contributed by atoms with van der Waals surface area (Å²) in [5, 5.41) is 23.2. The lowest BCUT2D eigenvalue weighted by Gasteiger charge is -2.09. The fourth-order valence-corrected chi connectivity index (χ4v) is 2.34. The molecule has 0 aromatic carbocycles. The quantitative estimate of drug-likeness (QED) is 0.742. The van der Waals surface area contributed by atoms with Crippen LogP contribution in [0.15, 0.2) is 18.5 Å². The van der Waals surface area contributed by atoms with Crippen LogP contribution in [0.25, 0.3) is 5.95 Å². The summed E-state index contributed by atoms with van der Waals surface area (Å²) in [6.07, 6.45) is 1.33. The van der Waals surface area contributed by atoms with E-state index in [1.807, 2.05) is 32.9 Å². The number of aryl methyl sites for hydroxylation is 3. The standard InChI is InChI=1S/C15H15N9O/c1-9-4-10(2)19-15(18-9)24-12(5-11(3)22-24)20-14(25)7-23-8-17-21-13(23)6-16/h4-5,8H,7H2,1-3H3,(H,20,25). The molecule has 0 saturated heterocycles. The highest BCUT2D eigenvalue weighted by Gasteiger charge is 2.15. The molecule has 0 aliphatic heterocycles. The van der Waals surface area contributed by atoms with Crippen molar-refractivity contribution in [1.29, 1.82) is 5.26 Å². The number of aromatic nitrogens is 7. The Hall–Kier alpha value is -3.61. The Morgan fingerprint density at radius 2 is 1.92 bits per heavy atom. The van der Waals surface area contributed by atoms with Crippen molar-refractivity contribution >= 4 is 11.7 Å². The fourth-order valence-electron chi connectivity index (χ4n) is 2.34. The molecule has 25 heavy (non-hydrogen) atoms. The maximum Gasteiger partial charge on any atom is 0.252 e. The van der Waals surface area contributed by atoms with Gasteiger partial charge in [-0.15, -0.1) is 10.2 Å². The van der Waals surface area contributed by atoms with Gasteiger partial charge >= 0.3 is 0 Å². The van der Waals surface area contributed by atoms with Gasteiger partial charge in [-0.2, -0.15) is 15.0 Å². The molecule has 10 heteroatoms. The number of amides is 1. The van der Waals surface area contributed by atoms with Gasteiger partial charge in [0.05, 0.1) is 5.69 Å². The van der Waals surface area contributed by atoms with Crippen molar-refractivity contribution in [2.45, 2.75) is 27.3 Å². The highest BCUT2D eigenvalue weighted by Crippen LogP contribution is 2.15. The van der Waals surface area contributed by atoms with Gasteiger partial charge in [0.2, 0.25) is 11.7 Å². The third kappa shape index (κ3) is 3.50. The van der Waals surface area contributed by atoms with Crippen molar-refractivity contribution in [2.75, 3.05) is 5.32 Å². The van der Waals surface area contributed by atoms with Gasteiger partial charge in [-0.3, -0.25) is 9.36 Å². The number of nitriles is 1. The normalized spacial score (nSPS) is 10.5. The van der Waals surface area contributed by atoms with Crippen LogP contribution in [0.4, 0.5) is 5.82 Å². The molecule has 10 nitrogen and oxygen atoms in total. The van der Waals surface area contributed by atoms with Crippen molar-refractivity contribution in [2.24, 2.45) is 0 Å². The molecule has 1 N–H and O–H groups in total. The molecule has 0 saturated carbocycles. The average Bonchev–Trinajstić information content (AvgIpc) is 3.12. The van der Waals surface area contributed by atoms with Gasteiger partial charge in [-0.1, -0.05) is 0 Å². The molecule has 0 spiro atoms. The summed E-state index contributed by atoms with van der Waals surface area (Å²) in [6, 6.07) is 5.44. The lowest BCUT2D eigenvalue weighted by atomic mass is 10.4. The molecule has 0 bridgehead atoms. The first kappa shape index (κ1) is 16.3. The molecule has 0 aliphatic rings. The van der Waals surface area contributed by atoms with Crippen LogP contribution in [-0.2, 0) is 11.3 Å². The number of rotatable bonds is 4. The summed E-state index contributed by atoms with van der Waals surface area (Å²) >= 11 is 0. The first-order chi connectivity index (χ1) is 12.0. The Labute approximate surface area is 143 Å². The maximum atomic E-state index is 12.3. The lowest BCUT2D eigenvalue weighted by molar-refractivity contribution is -0.116. The van der Waals surface area contributed by atoms with Gasteiger partial charge in [0.1, 0.15) is 24.8 Å². The van der Waals surface area contributed by atoms with Crippen LogP contribution < -0.4 is 5.32 Å². The zero-order valence-electron chi connectivity index (χ0n) is 13.9. The Bertz CT molecular complexity index is 959. The van der Waals surface area contributed by atoms with Gasteiger partial charge in [0.25, 0.3) is 5.95 Å². The van der Waals surface area contributed by atoms with Crippen LogP contribution in [0.5, 0.6) is 0 Å². The van der Waals surface area contributed by atoms with Crippen LogP contribution in [0.1, 0.15) is 22.9 Å². The van der Waals surface area contributed by atoms with Crippen LogP contribution in [0.2, 0.25) is 0 Å². The third-order valence-electron chi connectivity index (χ3n) is 3.29. The lowest BCUT2D eigenvalue weighted by Crippen LogP contribution is -2.21. The second kappa shape index (κ2) is 6.48. The molecule has 3 aromatic heterocycles. The van der Waals surface area contributed by atoms with Gasteiger partial charge in [-0.25, -0.2) is 9.97 Å². The summed E-state index contributed by atoms with van der Waals surface area (Å²) in [7, 11) is 0. The molecular formula is C15H15N9O. The van der Waals surface area contributed by atoms with Crippen molar-refractivity contribution in [3.8, 4) is 12.0 Å². The predicted molar refractivity (Wildman–Crippen MR) is 86.7 cm³/mol. The molecule has 1 amide bonds. The Kier molecular flexibility index (Phi) is 4.21. The van der Waals surface area contributed by atoms with E-state index in [1.54, 1.807) is 6.07 Å². The summed E-state index contributed by atoms with van der Waals surface area (Å²) in [6.45, 7) is 5.45. The van der Waals surface area contributed by atoms with E-state index in [0.29, 0.717) is 17.5 Å². The van der Waals surface area contributed by atoms with Crippen LogP contribution in [0, 0.1) is 32.1 Å². The van der Waals surface area contributed by atoms with E-state index in [1.165, 1.54) is 15.6 Å². The zero-order chi connectivity index (χ0) is 18.0. The molecule has 3 aromatic rings. The first-order valence-corrected chi connectivity index (χ1v) is 7.43. The molecule has 3 heterocycles. The van der Waals surface area contributed by atoms with Gasteiger partial charge in [-0.05, 0) is 26.8 Å². The van der Waals surface area contributed by atoms with Crippen LogP contribution >= 0.6 is 0 Å². The Morgan fingerprint density at radius 1 is 1.20 bits per heavy atom. The largest absolute Gasteiger partial charge is 0.309 e. The molecular weight excluding hydrogens is 322 g/mol. The monoisotopic (exact) mass is 337 g/mol. The first-order valence-electron chi connectivity index (χ1n) is 7.43. The summed E-state index contributed by atoms with van der Waals surface area (Å²) in [5.41, 5.74) is 2.31. The third-order valence-corrected chi connectivity index (χ3v) is 3.29. The molecule has 0 fully saturated rings. The highest BCUT2D eigenvalue weighted by atomic mass is 16.2. The van der Waals surface area contributed by atoms with Gasteiger partial charge < -0.3 is 5.32 Å². The molecule has 0 radical (unpaired) electrons. The molecule has 0 aliphatic carbocycles. The van der Waals surface area contributed by atoms with E-state index in [-0.39, 0.29) is 18.3 Å². The Balaban J connectivity index is 1.86. The van der Waals surface area contributed by atoms with E-state index in [0.717, 1.165) is 11.4 Å². The fraction of sp³-hybridized carbons (Fsp3) is 0.267. The van der Waals surface area contributed by atoms with Crippen molar-refractivity contribution in [3.63, 3.8) is 0 Å². The SMILES string of the molecule is Cc1cc(C)nc(-n2nc(C)cc2NC(=O)Cn2cnnc2C#N)n1. The average molecular weight is 337 g/mol. The number of nitrogens with zero attached hydrogens (tertiary/aromatic N) is 8. The minimum Gasteiger partial charge on any atom is -0.309 e. The maximum absolute atomic E-state index is 12.3. The Morgan fingerprint density at radius 3 is 2.60 bits per heavy atom. The van der Waals surface area contributed by atoms with E-state index in [2.05, 4.69) is 30.6 Å². The van der Waals surface area contributed by atoms with Crippen molar-refractivity contribution < 1.29 is 4.79 Å². The van der Waals surface area contributed by atoms with E-state index >= 15 is 0 Å². The van der Waals surface area contributed by atoms with Gasteiger partial charge in [0, 0.05) is 17.5 Å². The molecule has 126 valence electrons. The summed E-state index contributed by atoms with van der Waals surface area (Å²) in [5.74, 6) is 0.543. The number of nitrogens with one attached hydrogen (secondary N) is 1. The molecule has 0 atom stereocenters.